The number of nitrogens with zero attached hydrogens (tertiary/aromatic N) is 3. The van der Waals surface area contributed by atoms with Crippen LogP contribution in [0.15, 0.2) is 70.9 Å². The summed E-state index contributed by atoms with van der Waals surface area (Å²) in [6.07, 6.45) is 1.77. The fourth-order valence-electron chi connectivity index (χ4n) is 3.27. The van der Waals surface area contributed by atoms with Gasteiger partial charge in [-0.1, -0.05) is 53.8 Å². The number of fused-ring (bicyclic) bond motifs is 2. The highest BCUT2D eigenvalue weighted by Crippen LogP contribution is 2.25. The number of phenolic OH excluding ortho intramolecular Hbond substituents is 1. The smallest absolute Gasteiger partial charge is 0.264 e. The van der Waals surface area contributed by atoms with Crippen LogP contribution < -0.4 is 4.80 Å². The number of aromatic nitrogens is 1. The zero-order valence-electron chi connectivity index (χ0n) is 15.8. The number of rotatable bonds is 6. The number of hydrogen-bond donors (Lipinski definition) is 2. The third-order valence-electron chi connectivity index (χ3n) is 4.65. The van der Waals surface area contributed by atoms with Crippen LogP contribution in [0.4, 0.5) is 0 Å². The molecular weight excluding hydrogens is 422 g/mol. The molecule has 0 fully saturated rings. The Bertz CT molecular complexity index is 1420. The van der Waals surface area contributed by atoms with Crippen molar-refractivity contribution in [2.75, 3.05) is 5.75 Å². The van der Waals surface area contributed by atoms with Crippen molar-refractivity contribution in [2.45, 2.75) is 13.0 Å². The molecule has 0 aliphatic heterocycles. The van der Waals surface area contributed by atoms with Crippen molar-refractivity contribution in [3.8, 4) is 5.75 Å². The maximum absolute atomic E-state index is 11.1. The molecule has 30 heavy (non-hydrogen) atoms. The Morgan fingerprint density at radius 1 is 1.03 bits per heavy atom. The van der Waals surface area contributed by atoms with Crippen LogP contribution in [-0.4, -0.2) is 34.6 Å². The maximum Gasteiger partial charge on any atom is 0.264 e. The predicted octanol–water partition coefficient (Wildman–Crippen LogP) is 3.77. The van der Waals surface area contributed by atoms with E-state index in [1.165, 1.54) is 17.6 Å². The molecule has 1 aromatic heterocycles. The molecule has 4 aromatic rings. The van der Waals surface area contributed by atoms with Crippen LogP contribution in [0.3, 0.4) is 0 Å². The van der Waals surface area contributed by atoms with E-state index in [-0.39, 0.29) is 17.9 Å². The molecule has 0 saturated carbocycles. The van der Waals surface area contributed by atoms with E-state index < -0.39 is 10.1 Å². The topological polar surface area (TPSA) is 104 Å². The van der Waals surface area contributed by atoms with E-state index in [0.717, 1.165) is 21.0 Å². The summed E-state index contributed by atoms with van der Waals surface area (Å²) in [4.78, 5) is 0.600. The van der Waals surface area contributed by atoms with Crippen LogP contribution in [0.25, 0.3) is 21.0 Å². The lowest BCUT2D eigenvalue weighted by molar-refractivity contribution is 0.475. The van der Waals surface area contributed by atoms with Gasteiger partial charge in [-0.05, 0) is 35.4 Å². The van der Waals surface area contributed by atoms with Crippen LogP contribution in [-0.2, 0) is 16.7 Å². The number of aromatic hydroxyl groups is 1. The average Bonchev–Trinajstić information content (AvgIpc) is 3.06. The largest absolute Gasteiger partial charge is 0.507 e. The van der Waals surface area contributed by atoms with Crippen molar-refractivity contribution in [3.63, 3.8) is 0 Å². The quantitative estimate of drug-likeness (QED) is 0.270. The molecule has 1 heterocycles. The van der Waals surface area contributed by atoms with Crippen molar-refractivity contribution < 1.29 is 18.1 Å². The monoisotopic (exact) mass is 441 g/mol. The lowest BCUT2D eigenvalue weighted by Crippen LogP contribution is -2.17. The van der Waals surface area contributed by atoms with Gasteiger partial charge in [0.25, 0.3) is 10.1 Å². The summed E-state index contributed by atoms with van der Waals surface area (Å²) in [5.41, 5.74) is 1.50. The van der Waals surface area contributed by atoms with E-state index in [1.54, 1.807) is 6.07 Å². The summed E-state index contributed by atoms with van der Waals surface area (Å²) in [6, 6.07) is 18.9. The van der Waals surface area contributed by atoms with Crippen LogP contribution in [0.5, 0.6) is 5.75 Å². The van der Waals surface area contributed by atoms with Gasteiger partial charge in [-0.15, -0.1) is 5.10 Å². The number of para-hydroxylation sites is 1. The molecule has 0 bridgehead atoms. The Morgan fingerprint density at radius 3 is 2.63 bits per heavy atom. The lowest BCUT2D eigenvalue weighted by Gasteiger charge is -2.04. The molecule has 154 valence electrons. The Labute approximate surface area is 177 Å². The van der Waals surface area contributed by atoms with Gasteiger partial charge >= 0.3 is 0 Å². The first kappa shape index (κ1) is 20.3. The molecule has 0 aliphatic carbocycles. The summed E-state index contributed by atoms with van der Waals surface area (Å²) < 4.78 is 34.0. The Balaban J connectivity index is 1.73. The van der Waals surface area contributed by atoms with E-state index in [2.05, 4.69) is 10.2 Å². The summed E-state index contributed by atoms with van der Waals surface area (Å²) in [5, 5.41) is 20.6. The first-order chi connectivity index (χ1) is 14.4. The molecule has 0 radical (unpaired) electrons. The number of phenols is 1. The van der Waals surface area contributed by atoms with Gasteiger partial charge < -0.3 is 9.67 Å². The summed E-state index contributed by atoms with van der Waals surface area (Å²) in [6.45, 7) is 0.373. The minimum absolute atomic E-state index is 0.116. The second kappa shape index (κ2) is 8.39. The molecule has 2 N–H and O–H groups in total. The highest BCUT2D eigenvalue weighted by atomic mass is 32.2. The van der Waals surface area contributed by atoms with E-state index >= 15 is 0 Å². The zero-order valence-corrected chi connectivity index (χ0v) is 17.5. The molecule has 7 nitrogen and oxygen atoms in total. The molecule has 0 saturated heterocycles. The second-order valence-electron chi connectivity index (χ2n) is 6.71. The highest BCUT2D eigenvalue weighted by molar-refractivity contribution is 7.85. The van der Waals surface area contributed by atoms with Crippen molar-refractivity contribution in [1.29, 1.82) is 0 Å². The highest BCUT2D eigenvalue weighted by Gasteiger charge is 2.09. The third-order valence-corrected chi connectivity index (χ3v) is 6.50. The van der Waals surface area contributed by atoms with Gasteiger partial charge in [0.15, 0.2) is 0 Å². The van der Waals surface area contributed by atoms with Crippen LogP contribution in [0.2, 0.25) is 0 Å². The molecule has 0 spiro atoms. The summed E-state index contributed by atoms with van der Waals surface area (Å²) in [5.74, 6) is -0.207. The molecule has 4 rings (SSSR count). The average molecular weight is 442 g/mol. The van der Waals surface area contributed by atoms with Crippen molar-refractivity contribution >= 4 is 48.7 Å². The predicted molar refractivity (Wildman–Crippen MR) is 120 cm³/mol. The first-order valence-corrected chi connectivity index (χ1v) is 11.7. The molecular formula is C21H19N3O4S2. The maximum atomic E-state index is 11.1. The number of thiazole rings is 1. The molecule has 0 amide bonds. The lowest BCUT2D eigenvalue weighted by atomic mass is 10.0. The standard InChI is InChI=1S/C21H19N3O4S2/c25-19-11-10-15-6-1-2-7-16(15)17(19)14-22-23-21-24(12-5-13-30(26,27)28)18-8-3-4-9-20(18)29-21/h1-4,6-11,14,25H,5,12-13H2,(H,26,27,28)/b22-14-,23-21+. The SMILES string of the molecule is O=S(=O)(O)CCCn1/c(=N\N=C/c2c(O)ccc3ccccc23)sc2ccccc21. The minimum atomic E-state index is -4.02. The van der Waals surface area contributed by atoms with Crippen molar-refractivity contribution in [3.05, 3.63) is 71.0 Å². The van der Waals surface area contributed by atoms with E-state index in [9.17, 15) is 13.5 Å². The Hall–Kier alpha value is -3.01. The fourth-order valence-corrected chi connectivity index (χ4v) is 4.78. The van der Waals surface area contributed by atoms with E-state index in [0.29, 0.717) is 16.9 Å². The number of benzene rings is 3. The normalized spacial score (nSPS) is 13.0. The van der Waals surface area contributed by atoms with Crippen molar-refractivity contribution in [1.82, 2.24) is 4.57 Å². The molecule has 0 unspecified atom stereocenters. The van der Waals surface area contributed by atoms with Gasteiger partial charge in [-0.2, -0.15) is 13.5 Å². The fraction of sp³-hybridized carbons (Fsp3) is 0.143. The first-order valence-electron chi connectivity index (χ1n) is 9.24. The van der Waals surface area contributed by atoms with E-state index in [1.807, 2.05) is 59.2 Å². The Morgan fingerprint density at radius 2 is 1.80 bits per heavy atom. The van der Waals surface area contributed by atoms with Gasteiger partial charge in [0.05, 0.1) is 22.2 Å². The van der Waals surface area contributed by atoms with Crippen molar-refractivity contribution in [2.24, 2.45) is 10.2 Å². The zero-order chi connectivity index (χ0) is 21.1. The van der Waals surface area contributed by atoms with Gasteiger partial charge in [-0.25, -0.2) is 0 Å². The summed E-state index contributed by atoms with van der Waals surface area (Å²) in [7, 11) is -4.02. The molecule has 3 aromatic carbocycles. The van der Waals surface area contributed by atoms with Gasteiger partial charge in [0, 0.05) is 12.1 Å². The van der Waals surface area contributed by atoms with Crippen LogP contribution >= 0.6 is 11.3 Å². The van der Waals surface area contributed by atoms with Gasteiger partial charge in [-0.3, -0.25) is 4.55 Å². The second-order valence-corrected chi connectivity index (χ2v) is 9.29. The number of aryl methyl sites for hydroxylation is 1. The molecule has 0 aliphatic rings. The molecule has 9 heteroatoms. The Kier molecular flexibility index (Phi) is 5.67. The van der Waals surface area contributed by atoms with Gasteiger partial charge in [0.1, 0.15) is 5.75 Å². The van der Waals surface area contributed by atoms with Crippen LogP contribution in [0, 0.1) is 0 Å². The third kappa shape index (κ3) is 4.43. The minimum Gasteiger partial charge on any atom is -0.507 e. The summed E-state index contributed by atoms with van der Waals surface area (Å²) >= 11 is 1.43. The van der Waals surface area contributed by atoms with Gasteiger partial charge in [0.2, 0.25) is 4.80 Å². The van der Waals surface area contributed by atoms with E-state index in [4.69, 9.17) is 4.55 Å². The van der Waals surface area contributed by atoms with Crippen LogP contribution in [0.1, 0.15) is 12.0 Å². The number of hydrogen-bond acceptors (Lipinski definition) is 6. The molecule has 0 atom stereocenters.